The zero-order valence-electron chi connectivity index (χ0n) is 13.0. The van der Waals surface area contributed by atoms with Crippen molar-refractivity contribution in [3.63, 3.8) is 0 Å². The molecular weight excluding hydrogens is 250 g/mol. The van der Waals surface area contributed by atoms with Gasteiger partial charge in [0.05, 0.1) is 6.10 Å². The first kappa shape index (κ1) is 17.0. The molecule has 0 amide bonds. The van der Waals surface area contributed by atoms with Crippen molar-refractivity contribution in [2.75, 3.05) is 6.54 Å². The number of hydrogen-bond donors (Lipinski definition) is 3. The highest BCUT2D eigenvalue weighted by molar-refractivity contribution is 5.25. The molecule has 2 unspecified atom stereocenters. The lowest BCUT2D eigenvalue weighted by atomic mass is 9.96. The summed E-state index contributed by atoms with van der Waals surface area (Å²) in [7, 11) is 0. The highest BCUT2D eigenvalue weighted by Crippen LogP contribution is 2.14. The van der Waals surface area contributed by atoms with E-state index in [1.165, 1.54) is 5.56 Å². The third kappa shape index (κ3) is 5.93. The number of benzene rings is 1. The van der Waals surface area contributed by atoms with Gasteiger partial charge in [0.25, 0.3) is 0 Å². The molecule has 0 saturated carbocycles. The van der Waals surface area contributed by atoms with E-state index in [4.69, 9.17) is 0 Å². The minimum Gasteiger partial charge on any atom is -0.508 e. The van der Waals surface area contributed by atoms with Crippen molar-refractivity contribution in [2.24, 2.45) is 5.92 Å². The number of phenols is 1. The molecule has 0 saturated heterocycles. The fraction of sp³-hybridized carbons (Fsp3) is 0.647. The summed E-state index contributed by atoms with van der Waals surface area (Å²) in [6.07, 6.45) is 3.82. The van der Waals surface area contributed by atoms with E-state index in [9.17, 15) is 10.2 Å². The van der Waals surface area contributed by atoms with Gasteiger partial charge < -0.3 is 15.5 Å². The van der Waals surface area contributed by atoms with E-state index in [0.29, 0.717) is 24.3 Å². The first-order chi connectivity index (χ1) is 9.56. The summed E-state index contributed by atoms with van der Waals surface area (Å²) in [5.74, 6) is 0.708. The predicted molar refractivity (Wildman–Crippen MR) is 84.0 cm³/mol. The van der Waals surface area contributed by atoms with Gasteiger partial charge in [-0.25, -0.2) is 0 Å². The Kier molecular flexibility index (Phi) is 7.63. The molecule has 20 heavy (non-hydrogen) atoms. The predicted octanol–water partition coefficient (Wildman–Crippen LogP) is 3.10. The molecule has 0 aliphatic rings. The lowest BCUT2D eigenvalue weighted by Crippen LogP contribution is -2.37. The van der Waals surface area contributed by atoms with Crippen LogP contribution in [-0.4, -0.2) is 28.9 Å². The molecule has 0 aliphatic carbocycles. The van der Waals surface area contributed by atoms with Crippen LogP contribution in [0.15, 0.2) is 24.3 Å². The van der Waals surface area contributed by atoms with Gasteiger partial charge in [0.2, 0.25) is 0 Å². The molecule has 3 heteroatoms. The Bertz CT molecular complexity index is 360. The Morgan fingerprint density at radius 3 is 2.25 bits per heavy atom. The maximum atomic E-state index is 10.1. The van der Waals surface area contributed by atoms with Crippen LogP contribution in [0.2, 0.25) is 0 Å². The van der Waals surface area contributed by atoms with E-state index in [1.54, 1.807) is 12.1 Å². The van der Waals surface area contributed by atoms with E-state index in [-0.39, 0.29) is 6.10 Å². The minimum absolute atomic E-state index is 0.249. The number of nitrogens with one attached hydrogen (secondary N) is 1. The van der Waals surface area contributed by atoms with Crippen molar-refractivity contribution in [3.8, 4) is 5.75 Å². The monoisotopic (exact) mass is 279 g/mol. The van der Waals surface area contributed by atoms with Gasteiger partial charge in [-0.05, 0) is 43.4 Å². The Labute approximate surface area is 123 Å². The summed E-state index contributed by atoms with van der Waals surface area (Å²) in [6.45, 7) is 7.08. The maximum absolute atomic E-state index is 10.1. The van der Waals surface area contributed by atoms with Crippen molar-refractivity contribution in [1.29, 1.82) is 0 Å². The Morgan fingerprint density at radius 1 is 1.10 bits per heavy atom. The first-order valence-corrected chi connectivity index (χ1v) is 7.76. The summed E-state index contributed by atoms with van der Waals surface area (Å²) in [4.78, 5) is 0. The number of phenolic OH excluding ortho intramolecular Hbond substituents is 1. The molecule has 3 nitrogen and oxygen atoms in total. The molecule has 2 atom stereocenters. The molecule has 0 aliphatic heterocycles. The van der Waals surface area contributed by atoms with Crippen LogP contribution in [0.3, 0.4) is 0 Å². The summed E-state index contributed by atoms with van der Waals surface area (Å²) in [6, 6.07) is 7.75. The molecule has 0 radical (unpaired) electrons. The second-order valence-corrected chi connectivity index (χ2v) is 5.66. The van der Waals surface area contributed by atoms with Crippen LogP contribution in [-0.2, 0) is 6.42 Å². The molecule has 0 bridgehead atoms. The highest BCUT2D eigenvalue weighted by atomic mass is 16.3. The highest BCUT2D eigenvalue weighted by Gasteiger charge is 2.15. The third-order valence-corrected chi connectivity index (χ3v) is 4.07. The van der Waals surface area contributed by atoms with Gasteiger partial charge in [0, 0.05) is 12.6 Å². The molecule has 1 aromatic carbocycles. The van der Waals surface area contributed by atoms with Gasteiger partial charge >= 0.3 is 0 Å². The van der Waals surface area contributed by atoms with E-state index in [1.807, 2.05) is 12.1 Å². The third-order valence-electron chi connectivity index (χ3n) is 4.07. The molecule has 1 aromatic rings. The van der Waals surface area contributed by atoms with Crippen molar-refractivity contribution >= 4 is 0 Å². The summed E-state index contributed by atoms with van der Waals surface area (Å²) in [5.41, 5.74) is 1.23. The number of hydrogen-bond acceptors (Lipinski definition) is 3. The Balaban J connectivity index is 2.26. The van der Waals surface area contributed by atoms with Crippen LogP contribution in [0.4, 0.5) is 0 Å². The largest absolute Gasteiger partial charge is 0.508 e. The number of aliphatic hydroxyl groups excluding tert-OH is 1. The van der Waals surface area contributed by atoms with E-state index in [2.05, 4.69) is 26.1 Å². The van der Waals surface area contributed by atoms with Crippen molar-refractivity contribution in [1.82, 2.24) is 5.32 Å². The van der Waals surface area contributed by atoms with E-state index >= 15 is 0 Å². The van der Waals surface area contributed by atoms with Crippen molar-refractivity contribution in [2.45, 2.75) is 58.6 Å². The number of rotatable bonds is 9. The van der Waals surface area contributed by atoms with Crippen LogP contribution in [0.25, 0.3) is 0 Å². The van der Waals surface area contributed by atoms with Gasteiger partial charge in [-0.1, -0.05) is 38.8 Å². The van der Waals surface area contributed by atoms with E-state index in [0.717, 1.165) is 25.7 Å². The molecular formula is C17H29NO2. The lowest BCUT2D eigenvalue weighted by molar-refractivity contribution is 0.0985. The first-order valence-electron chi connectivity index (χ1n) is 7.76. The summed E-state index contributed by atoms with van der Waals surface area (Å²) >= 11 is 0. The van der Waals surface area contributed by atoms with Crippen LogP contribution in [0.5, 0.6) is 5.75 Å². The average molecular weight is 279 g/mol. The molecule has 0 heterocycles. The smallest absolute Gasteiger partial charge is 0.115 e. The molecule has 0 aromatic heterocycles. The Morgan fingerprint density at radius 2 is 1.70 bits per heavy atom. The summed E-state index contributed by atoms with van der Waals surface area (Å²) in [5, 5.41) is 22.7. The zero-order valence-corrected chi connectivity index (χ0v) is 13.0. The Hall–Kier alpha value is -1.06. The van der Waals surface area contributed by atoms with Gasteiger partial charge in [-0.2, -0.15) is 0 Å². The number of aliphatic hydroxyl groups is 1. The standard InChI is InChI=1S/C17H29NO2/c1-4-15(5-2)17(20)12-18-13(3)6-7-14-8-10-16(19)11-9-14/h8-11,13,15,17-20H,4-7,12H2,1-3H3. The van der Waals surface area contributed by atoms with Crippen LogP contribution in [0.1, 0.15) is 45.6 Å². The molecule has 114 valence electrons. The summed E-state index contributed by atoms with van der Waals surface area (Å²) < 4.78 is 0. The maximum Gasteiger partial charge on any atom is 0.115 e. The second-order valence-electron chi connectivity index (χ2n) is 5.66. The molecule has 0 fully saturated rings. The van der Waals surface area contributed by atoms with Gasteiger partial charge in [-0.15, -0.1) is 0 Å². The fourth-order valence-corrected chi connectivity index (χ4v) is 2.47. The second kappa shape index (κ2) is 8.98. The zero-order chi connectivity index (χ0) is 15.0. The topological polar surface area (TPSA) is 52.5 Å². The van der Waals surface area contributed by atoms with Crippen LogP contribution in [0, 0.1) is 5.92 Å². The van der Waals surface area contributed by atoms with E-state index < -0.39 is 0 Å². The van der Waals surface area contributed by atoms with Crippen molar-refractivity contribution < 1.29 is 10.2 Å². The van der Waals surface area contributed by atoms with Gasteiger partial charge in [0.1, 0.15) is 5.75 Å². The quantitative estimate of drug-likeness (QED) is 0.651. The number of aromatic hydroxyl groups is 1. The SMILES string of the molecule is CCC(CC)C(O)CNC(C)CCc1ccc(O)cc1. The van der Waals surface area contributed by atoms with Crippen LogP contribution >= 0.6 is 0 Å². The minimum atomic E-state index is -0.249. The van der Waals surface area contributed by atoms with Gasteiger partial charge in [-0.3, -0.25) is 0 Å². The van der Waals surface area contributed by atoms with Crippen molar-refractivity contribution in [3.05, 3.63) is 29.8 Å². The number of aryl methyl sites for hydroxylation is 1. The molecule has 1 rings (SSSR count). The fourth-order valence-electron chi connectivity index (χ4n) is 2.47. The molecule has 3 N–H and O–H groups in total. The van der Waals surface area contributed by atoms with Crippen LogP contribution < -0.4 is 5.32 Å². The van der Waals surface area contributed by atoms with Gasteiger partial charge in [0.15, 0.2) is 0 Å². The lowest BCUT2D eigenvalue weighted by Gasteiger charge is -2.22. The molecule has 0 spiro atoms. The normalized spacial score (nSPS) is 14.4. The average Bonchev–Trinajstić information content (AvgIpc) is 2.45.